The monoisotopic (exact) mass is 393 g/mol. The molecule has 28 heavy (non-hydrogen) atoms. The molecule has 3 aromatic carbocycles. The molecule has 9 heteroatoms. The summed E-state index contributed by atoms with van der Waals surface area (Å²) < 4.78 is 32.3. The van der Waals surface area contributed by atoms with E-state index in [-0.39, 0.29) is 23.1 Å². The molecule has 0 amide bonds. The van der Waals surface area contributed by atoms with Gasteiger partial charge in [-0.1, -0.05) is 41.5 Å². The van der Waals surface area contributed by atoms with E-state index < -0.39 is 9.84 Å². The predicted octanol–water partition coefficient (Wildman–Crippen LogP) is 4.24. The smallest absolute Gasteiger partial charge is 0.224 e. The van der Waals surface area contributed by atoms with Crippen LogP contribution in [0.1, 0.15) is 0 Å². The molecule has 0 fully saturated rings. The first kappa shape index (κ1) is 17.8. The van der Waals surface area contributed by atoms with Crippen molar-refractivity contribution in [3.63, 3.8) is 0 Å². The molecule has 1 heterocycles. The molecule has 4 aromatic rings. The van der Waals surface area contributed by atoms with E-state index in [9.17, 15) is 8.42 Å². The number of benzene rings is 3. The summed E-state index contributed by atoms with van der Waals surface area (Å²) in [6.07, 6.45) is 0. The summed E-state index contributed by atoms with van der Waals surface area (Å²) >= 11 is 0. The number of ether oxygens (including phenoxy) is 1. The molecule has 0 unspecified atom stereocenters. The van der Waals surface area contributed by atoms with Gasteiger partial charge in [0.2, 0.25) is 9.84 Å². The molecule has 8 nitrogen and oxygen atoms in total. The van der Waals surface area contributed by atoms with Gasteiger partial charge in [0.05, 0.1) is 23.6 Å². The molecule has 0 spiro atoms. The summed E-state index contributed by atoms with van der Waals surface area (Å²) in [6.45, 7) is 0.375. The highest BCUT2D eigenvalue weighted by Gasteiger charge is 2.25. The number of nitrogens with zero attached hydrogens (tertiary/aromatic N) is 4. The first-order chi connectivity index (χ1) is 13.6. The number of fused-ring (bicyclic) bond motifs is 2. The number of sulfone groups is 1. The molecule has 0 aliphatic carbocycles. The van der Waals surface area contributed by atoms with Crippen LogP contribution in [0.25, 0.3) is 32.1 Å². The van der Waals surface area contributed by atoms with Gasteiger partial charge in [0.15, 0.2) is 5.03 Å². The van der Waals surface area contributed by atoms with Crippen LogP contribution in [0.2, 0.25) is 0 Å². The molecule has 0 radical (unpaired) electrons. The molecule has 4 rings (SSSR count). The number of H-pyrrole nitrogens is 1. The Labute approximate surface area is 160 Å². The topological polar surface area (TPSA) is 121 Å². The zero-order valence-electron chi connectivity index (χ0n) is 14.6. The Hall–Kier alpha value is -3.55. The van der Waals surface area contributed by atoms with E-state index >= 15 is 0 Å². The largest absolute Gasteiger partial charge is 0.493 e. The van der Waals surface area contributed by atoms with E-state index in [0.717, 1.165) is 5.39 Å². The van der Waals surface area contributed by atoms with Crippen molar-refractivity contribution >= 4 is 31.5 Å². The zero-order chi connectivity index (χ0) is 19.6. The van der Waals surface area contributed by atoms with Crippen molar-refractivity contribution in [1.82, 2.24) is 10.2 Å². The fourth-order valence-electron chi connectivity index (χ4n) is 3.05. The number of azide groups is 1. The summed E-state index contributed by atoms with van der Waals surface area (Å²) in [6, 6.07) is 17.5. The Kier molecular flexibility index (Phi) is 4.60. The molecule has 0 atom stereocenters. The zero-order valence-corrected chi connectivity index (χ0v) is 15.4. The maximum atomic E-state index is 13.4. The van der Waals surface area contributed by atoms with Gasteiger partial charge in [-0.3, -0.25) is 5.10 Å². The highest BCUT2D eigenvalue weighted by Crippen LogP contribution is 2.32. The van der Waals surface area contributed by atoms with E-state index in [1.54, 1.807) is 36.4 Å². The lowest BCUT2D eigenvalue weighted by Crippen LogP contribution is -2.04. The second-order valence-corrected chi connectivity index (χ2v) is 7.87. The van der Waals surface area contributed by atoms with Crippen molar-refractivity contribution in [2.75, 3.05) is 13.2 Å². The number of aromatic amines is 1. The van der Waals surface area contributed by atoms with Gasteiger partial charge >= 0.3 is 0 Å². The third kappa shape index (κ3) is 3.13. The van der Waals surface area contributed by atoms with Crippen molar-refractivity contribution in [2.45, 2.75) is 9.92 Å². The Morgan fingerprint density at radius 2 is 1.89 bits per heavy atom. The van der Waals surface area contributed by atoms with Gasteiger partial charge in [0.1, 0.15) is 5.75 Å². The molecule has 0 bridgehead atoms. The maximum Gasteiger partial charge on any atom is 0.224 e. The number of aromatic nitrogens is 2. The van der Waals surface area contributed by atoms with Gasteiger partial charge in [-0.2, -0.15) is 5.10 Å². The van der Waals surface area contributed by atoms with Crippen LogP contribution in [0.5, 0.6) is 5.75 Å². The lowest BCUT2D eigenvalue weighted by molar-refractivity contribution is 0.328. The van der Waals surface area contributed by atoms with Crippen molar-refractivity contribution in [2.24, 2.45) is 5.11 Å². The van der Waals surface area contributed by atoms with Gasteiger partial charge in [-0.05, 0) is 35.2 Å². The maximum absolute atomic E-state index is 13.4. The third-order valence-electron chi connectivity index (χ3n) is 4.32. The standard InChI is InChI=1S/C19H15N5O3S/c20-24-21-10-11-27-14-8-9-17-16(12-14)19(23-22-17)28(25,26)18-7-3-5-13-4-1-2-6-15(13)18/h1-9,12H,10-11H2,(H,22,23). The van der Waals surface area contributed by atoms with Crippen LogP contribution >= 0.6 is 0 Å². The fraction of sp³-hybridized carbons (Fsp3) is 0.105. The molecule has 140 valence electrons. The average molecular weight is 393 g/mol. The molecular weight excluding hydrogens is 378 g/mol. The number of nitrogens with one attached hydrogen (secondary N) is 1. The van der Waals surface area contributed by atoms with Crippen LogP contribution < -0.4 is 4.74 Å². The summed E-state index contributed by atoms with van der Waals surface area (Å²) in [5.74, 6) is 0.469. The van der Waals surface area contributed by atoms with Crippen LogP contribution in [-0.4, -0.2) is 31.8 Å². The van der Waals surface area contributed by atoms with Crippen LogP contribution in [0, 0.1) is 0 Å². The molecule has 0 saturated carbocycles. The number of rotatable bonds is 6. The van der Waals surface area contributed by atoms with E-state index in [4.69, 9.17) is 10.3 Å². The van der Waals surface area contributed by atoms with E-state index in [2.05, 4.69) is 20.2 Å². The number of hydrogen-bond acceptors (Lipinski definition) is 5. The van der Waals surface area contributed by atoms with Crippen molar-refractivity contribution < 1.29 is 13.2 Å². The minimum absolute atomic E-state index is 0.0133. The Morgan fingerprint density at radius 3 is 2.75 bits per heavy atom. The Bertz CT molecular complexity index is 1320. The molecule has 0 aliphatic heterocycles. The number of hydrogen-bond donors (Lipinski definition) is 1. The molecule has 1 aromatic heterocycles. The van der Waals surface area contributed by atoms with E-state index in [1.807, 2.05) is 24.3 Å². The predicted molar refractivity (Wildman–Crippen MR) is 105 cm³/mol. The van der Waals surface area contributed by atoms with E-state index in [0.29, 0.717) is 22.0 Å². The van der Waals surface area contributed by atoms with Crippen molar-refractivity contribution in [3.05, 3.63) is 71.1 Å². The molecular formula is C19H15N5O3S. The summed E-state index contributed by atoms with van der Waals surface area (Å²) in [5, 5.41) is 12.1. The molecule has 0 aliphatic rings. The highest BCUT2D eigenvalue weighted by atomic mass is 32.2. The van der Waals surface area contributed by atoms with Gasteiger partial charge < -0.3 is 4.74 Å². The average Bonchev–Trinajstić information content (AvgIpc) is 3.15. The first-order valence-electron chi connectivity index (χ1n) is 8.46. The van der Waals surface area contributed by atoms with Crippen LogP contribution in [-0.2, 0) is 9.84 Å². The second kappa shape index (κ2) is 7.22. The molecule has 1 N–H and O–H groups in total. The quantitative estimate of drug-likeness (QED) is 0.228. The minimum atomic E-state index is -3.83. The first-order valence-corrected chi connectivity index (χ1v) is 9.94. The third-order valence-corrected chi connectivity index (χ3v) is 6.11. The van der Waals surface area contributed by atoms with Crippen LogP contribution in [0.3, 0.4) is 0 Å². The highest BCUT2D eigenvalue weighted by molar-refractivity contribution is 7.91. The summed E-state index contributed by atoms with van der Waals surface area (Å²) in [7, 11) is -3.83. The minimum Gasteiger partial charge on any atom is -0.493 e. The van der Waals surface area contributed by atoms with Crippen molar-refractivity contribution in [3.8, 4) is 5.75 Å². The second-order valence-electron chi connectivity index (χ2n) is 6.02. The van der Waals surface area contributed by atoms with Gasteiger partial charge in [0.25, 0.3) is 0 Å². The SMILES string of the molecule is [N-]=[N+]=NCCOc1ccc2n[nH]c(S(=O)(=O)c3cccc4ccccc34)c2c1. The van der Waals surface area contributed by atoms with Crippen molar-refractivity contribution in [1.29, 1.82) is 0 Å². The lowest BCUT2D eigenvalue weighted by atomic mass is 10.1. The van der Waals surface area contributed by atoms with Gasteiger partial charge in [-0.25, -0.2) is 8.42 Å². The lowest BCUT2D eigenvalue weighted by Gasteiger charge is -2.08. The summed E-state index contributed by atoms with van der Waals surface area (Å²) in [4.78, 5) is 2.88. The van der Waals surface area contributed by atoms with Crippen LogP contribution in [0.4, 0.5) is 0 Å². The van der Waals surface area contributed by atoms with Gasteiger partial charge in [0, 0.05) is 15.7 Å². The van der Waals surface area contributed by atoms with Gasteiger partial charge in [-0.15, -0.1) is 0 Å². The molecule has 0 saturated heterocycles. The van der Waals surface area contributed by atoms with E-state index in [1.165, 1.54) is 0 Å². The Balaban J connectivity index is 1.80. The fourth-order valence-corrected chi connectivity index (χ4v) is 4.62. The normalized spacial score (nSPS) is 11.4. The summed E-state index contributed by atoms with van der Waals surface area (Å²) in [5.41, 5.74) is 8.83. The van der Waals surface area contributed by atoms with Crippen LogP contribution in [0.15, 0.2) is 75.7 Å². The Morgan fingerprint density at radius 1 is 1.07 bits per heavy atom.